The minimum Gasteiger partial charge on any atom is -0.464 e. The summed E-state index contributed by atoms with van der Waals surface area (Å²) >= 11 is 0. The minimum atomic E-state index is -1.63. The van der Waals surface area contributed by atoms with Gasteiger partial charge in [-0.25, -0.2) is 4.79 Å². The predicted molar refractivity (Wildman–Crippen MR) is 70.2 cm³/mol. The summed E-state index contributed by atoms with van der Waals surface area (Å²) in [5, 5.41) is 12.3. The third kappa shape index (κ3) is 2.09. The third-order valence-electron chi connectivity index (χ3n) is 2.99. The maximum atomic E-state index is 11.8. The first-order valence-electron chi connectivity index (χ1n) is 5.95. The van der Waals surface area contributed by atoms with Crippen molar-refractivity contribution in [3.8, 4) is 0 Å². The van der Waals surface area contributed by atoms with E-state index in [9.17, 15) is 9.90 Å². The summed E-state index contributed by atoms with van der Waals surface area (Å²) < 4.78 is 4.92. The van der Waals surface area contributed by atoms with Crippen LogP contribution in [0.1, 0.15) is 19.4 Å². The second-order valence-corrected chi connectivity index (χ2v) is 4.32. The molecule has 0 saturated heterocycles. The SMILES string of the molecule is CCOC(=O)[C@](C)(O)c1cccc2ccccc12. The van der Waals surface area contributed by atoms with Crippen molar-refractivity contribution in [1.29, 1.82) is 0 Å². The molecule has 0 bridgehead atoms. The molecule has 0 aromatic heterocycles. The Balaban J connectivity index is 2.56. The smallest absolute Gasteiger partial charge is 0.342 e. The molecule has 0 spiro atoms. The van der Waals surface area contributed by atoms with Crippen LogP contribution in [-0.2, 0) is 15.1 Å². The van der Waals surface area contributed by atoms with Gasteiger partial charge in [0.05, 0.1) is 6.61 Å². The van der Waals surface area contributed by atoms with Crippen LogP contribution >= 0.6 is 0 Å². The van der Waals surface area contributed by atoms with Gasteiger partial charge in [-0.05, 0) is 24.6 Å². The topological polar surface area (TPSA) is 46.5 Å². The van der Waals surface area contributed by atoms with Gasteiger partial charge in [-0.15, -0.1) is 0 Å². The summed E-state index contributed by atoms with van der Waals surface area (Å²) in [7, 11) is 0. The van der Waals surface area contributed by atoms with Crippen molar-refractivity contribution in [2.24, 2.45) is 0 Å². The zero-order chi connectivity index (χ0) is 13.2. The van der Waals surface area contributed by atoms with E-state index in [1.165, 1.54) is 6.92 Å². The molecule has 3 nitrogen and oxygen atoms in total. The Labute approximate surface area is 106 Å². The van der Waals surface area contributed by atoms with Gasteiger partial charge in [0.2, 0.25) is 0 Å². The lowest BCUT2D eigenvalue weighted by Gasteiger charge is -2.23. The van der Waals surface area contributed by atoms with E-state index in [0.717, 1.165) is 10.8 Å². The maximum Gasteiger partial charge on any atom is 0.342 e. The summed E-state index contributed by atoms with van der Waals surface area (Å²) in [6.45, 7) is 3.43. The van der Waals surface area contributed by atoms with E-state index in [0.29, 0.717) is 5.56 Å². The molecular formula is C15H16O3. The standard InChI is InChI=1S/C15H16O3/c1-3-18-14(16)15(2,17)13-10-6-8-11-7-4-5-9-12(11)13/h4-10,17H,3H2,1-2H3/t15-/m1/s1. The average molecular weight is 244 g/mol. The molecule has 2 rings (SSSR count). The molecule has 3 heteroatoms. The Kier molecular flexibility index (Phi) is 3.34. The molecule has 0 heterocycles. The first-order chi connectivity index (χ1) is 8.57. The van der Waals surface area contributed by atoms with Crippen LogP contribution in [0.15, 0.2) is 42.5 Å². The summed E-state index contributed by atoms with van der Waals surface area (Å²) in [5.41, 5.74) is -1.06. The van der Waals surface area contributed by atoms with Crippen molar-refractivity contribution in [3.63, 3.8) is 0 Å². The largest absolute Gasteiger partial charge is 0.464 e. The Bertz CT molecular complexity index is 567. The van der Waals surface area contributed by atoms with E-state index < -0.39 is 11.6 Å². The molecule has 1 atom stereocenters. The van der Waals surface area contributed by atoms with E-state index in [-0.39, 0.29) is 6.61 Å². The number of fused-ring (bicyclic) bond motifs is 1. The molecule has 1 N–H and O–H groups in total. The van der Waals surface area contributed by atoms with Gasteiger partial charge < -0.3 is 9.84 Å². The summed E-state index contributed by atoms with van der Waals surface area (Å²) in [6.07, 6.45) is 0. The Morgan fingerprint density at radius 1 is 1.22 bits per heavy atom. The van der Waals surface area contributed by atoms with E-state index in [2.05, 4.69) is 0 Å². The van der Waals surface area contributed by atoms with E-state index in [1.807, 2.05) is 36.4 Å². The van der Waals surface area contributed by atoms with Crippen molar-refractivity contribution < 1.29 is 14.6 Å². The molecule has 2 aromatic carbocycles. The number of carbonyl (C=O) groups is 1. The Hall–Kier alpha value is -1.87. The van der Waals surface area contributed by atoms with Gasteiger partial charge in [-0.3, -0.25) is 0 Å². The highest BCUT2D eigenvalue weighted by Gasteiger charge is 2.35. The maximum absolute atomic E-state index is 11.8. The van der Waals surface area contributed by atoms with Crippen molar-refractivity contribution in [2.75, 3.05) is 6.61 Å². The number of benzene rings is 2. The third-order valence-corrected chi connectivity index (χ3v) is 2.99. The van der Waals surface area contributed by atoms with Crippen LogP contribution in [0.3, 0.4) is 0 Å². The van der Waals surface area contributed by atoms with Gasteiger partial charge in [0.25, 0.3) is 0 Å². The van der Waals surface area contributed by atoms with Gasteiger partial charge >= 0.3 is 5.97 Å². The summed E-state index contributed by atoms with van der Waals surface area (Å²) in [6, 6.07) is 13.2. The molecule has 0 aliphatic rings. The van der Waals surface area contributed by atoms with Gasteiger partial charge in [-0.2, -0.15) is 0 Å². The fourth-order valence-electron chi connectivity index (χ4n) is 2.03. The van der Waals surface area contributed by atoms with Gasteiger partial charge in [-0.1, -0.05) is 42.5 Å². The number of hydrogen-bond donors (Lipinski definition) is 1. The highest BCUT2D eigenvalue weighted by Crippen LogP contribution is 2.29. The zero-order valence-electron chi connectivity index (χ0n) is 10.5. The number of aliphatic hydroxyl groups is 1. The molecule has 0 fully saturated rings. The van der Waals surface area contributed by atoms with Crippen molar-refractivity contribution in [2.45, 2.75) is 19.4 Å². The lowest BCUT2D eigenvalue weighted by Crippen LogP contribution is -2.34. The minimum absolute atomic E-state index is 0.250. The van der Waals surface area contributed by atoms with Crippen LogP contribution in [-0.4, -0.2) is 17.7 Å². The first-order valence-corrected chi connectivity index (χ1v) is 5.95. The Morgan fingerprint density at radius 3 is 2.61 bits per heavy atom. The molecule has 0 unspecified atom stereocenters. The molecule has 0 aliphatic carbocycles. The molecule has 2 aromatic rings. The van der Waals surface area contributed by atoms with Gasteiger partial charge in [0.1, 0.15) is 0 Å². The normalized spacial score (nSPS) is 14.2. The first kappa shape index (κ1) is 12.6. The zero-order valence-corrected chi connectivity index (χ0v) is 10.5. The molecule has 18 heavy (non-hydrogen) atoms. The predicted octanol–water partition coefficient (Wildman–Crippen LogP) is 2.61. The number of esters is 1. The lowest BCUT2D eigenvalue weighted by atomic mass is 9.91. The second-order valence-electron chi connectivity index (χ2n) is 4.32. The number of hydrogen-bond acceptors (Lipinski definition) is 3. The van der Waals surface area contributed by atoms with Crippen molar-refractivity contribution in [1.82, 2.24) is 0 Å². The fourth-order valence-corrected chi connectivity index (χ4v) is 2.03. The van der Waals surface area contributed by atoms with Crippen LogP contribution in [0.5, 0.6) is 0 Å². The highest BCUT2D eigenvalue weighted by atomic mass is 16.5. The fraction of sp³-hybridized carbons (Fsp3) is 0.267. The molecule has 0 amide bonds. The molecule has 0 aliphatic heterocycles. The van der Waals surface area contributed by atoms with E-state index in [4.69, 9.17) is 4.74 Å². The molecular weight excluding hydrogens is 228 g/mol. The number of ether oxygens (including phenoxy) is 1. The lowest BCUT2D eigenvalue weighted by molar-refractivity contribution is -0.164. The molecule has 0 saturated carbocycles. The molecule has 94 valence electrons. The highest BCUT2D eigenvalue weighted by molar-refractivity contribution is 5.92. The number of carbonyl (C=O) groups excluding carboxylic acids is 1. The van der Waals surface area contributed by atoms with Crippen molar-refractivity contribution in [3.05, 3.63) is 48.0 Å². The van der Waals surface area contributed by atoms with E-state index in [1.54, 1.807) is 13.0 Å². The monoisotopic (exact) mass is 244 g/mol. The van der Waals surface area contributed by atoms with E-state index >= 15 is 0 Å². The van der Waals surface area contributed by atoms with Gasteiger partial charge in [0.15, 0.2) is 5.60 Å². The number of rotatable bonds is 3. The molecule has 0 radical (unpaired) electrons. The average Bonchev–Trinajstić information content (AvgIpc) is 2.38. The quantitative estimate of drug-likeness (QED) is 0.844. The van der Waals surface area contributed by atoms with Crippen molar-refractivity contribution >= 4 is 16.7 Å². The summed E-state index contributed by atoms with van der Waals surface area (Å²) in [4.78, 5) is 11.8. The van der Waals surface area contributed by atoms with Crippen LogP contribution in [0.4, 0.5) is 0 Å². The second kappa shape index (κ2) is 4.78. The van der Waals surface area contributed by atoms with Crippen LogP contribution in [0, 0.1) is 0 Å². The van der Waals surface area contributed by atoms with Gasteiger partial charge in [0, 0.05) is 5.56 Å². The summed E-state index contributed by atoms with van der Waals surface area (Å²) in [5.74, 6) is -0.624. The Morgan fingerprint density at radius 2 is 1.89 bits per heavy atom. The van der Waals surface area contributed by atoms with Crippen LogP contribution in [0.2, 0.25) is 0 Å². The van der Waals surface area contributed by atoms with Crippen LogP contribution in [0.25, 0.3) is 10.8 Å². The van der Waals surface area contributed by atoms with Crippen LogP contribution < -0.4 is 0 Å².